The van der Waals surface area contributed by atoms with Gasteiger partial charge in [-0.25, -0.2) is 4.68 Å². The Morgan fingerprint density at radius 1 is 1.12 bits per heavy atom. The standard InChI is InChI=1S/C32H34N6O5/c1-2-36-30-25(24(17-6-7-17)26(31(36)40)34-29(39)22-5-3-4-18-8-13-43-28(18)22)27(35-38(30)20-9-11-42-12-10-20)32(41)37-21(16-33)14-19-15-23(19)37/h3-5,8,13,17,19-21,23-24,26H,2,6-7,9-12,14-15H2,1H3,(H,34,39)/t19-,21-,23+,24-,26-/m0/s1. The van der Waals surface area contributed by atoms with Gasteiger partial charge in [-0.15, -0.1) is 0 Å². The van der Waals surface area contributed by atoms with Crippen LogP contribution in [0.2, 0.25) is 0 Å². The first kappa shape index (κ1) is 26.5. The molecule has 43 heavy (non-hydrogen) atoms. The Hall–Kier alpha value is -4.17. The minimum atomic E-state index is -0.865. The van der Waals surface area contributed by atoms with Crippen LogP contribution < -0.4 is 10.2 Å². The van der Waals surface area contributed by atoms with Crippen LogP contribution in [0, 0.1) is 23.2 Å². The molecule has 2 aromatic heterocycles. The lowest BCUT2D eigenvalue weighted by atomic mass is 9.82. The van der Waals surface area contributed by atoms with Gasteiger partial charge in [0.1, 0.15) is 23.5 Å². The summed E-state index contributed by atoms with van der Waals surface area (Å²) in [5.41, 5.74) is 1.90. The number of carbonyl (C=O) groups excluding carboxylic acids is 3. The van der Waals surface area contributed by atoms with Gasteiger partial charge in [-0.1, -0.05) is 12.1 Å². The van der Waals surface area contributed by atoms with Gasteiger partial charge >= 0.3 is 0 Å². The summed E-state index contributed by atoms with van der Waals surface area (Å²) >= 11 is 0. The Bertz CT molecular complexity index is 1680. The van der Waals surface area contributed by atoms with Crippen LogP contribution in [0.15, 0.2) is 34.9 Å². The van der Waals surface area contributed by atoms with Crippen molar-refractivity contribution in [1.29, 1.82) is 5.26 Å². The second kappa shape index (κ2) is 9.95. The predicted octanol–water partition coefficient (Wildman–Crippen LogP) is 3.77. The Morgan fingerprint density at radius 3 is 2.67 bits per heavy atom. The first-order valence-electron chi connectivity index (χ1n) is 15.5. The lowest BCUT2D eigenvalue weighted by Gasteiger charge is -2.39. The third kappa shape index (κ3) is 4.10. The average molecular weight is 583 g/mol. The number of fused-ring (bicyclic) bond motifs is 3. The van der Waals surface area contributed by atoms with Gasteiger partial charge in [0.15, 0.2) is 5.69 Å². The Labute approximate surface area is 248 Å². The van der Waals surface area contributed by atoms with Crippen molar-refractivity contribution >= 4 is 34.5 Å². The van der Waals surface area contributed by atoms with Crippen molar-refractivity contribution in [3.05, 3.63) is 47.3 Å². The van der Waals surface area contributed by atoms with E-state index >= 15 is 0 Å². The molecule has 5 atom stereocenters. The molecule has 2 saturated carbocycles. The summed E-state index contributed by atoms with van der Waals surface area (Å²) in [5, 5.41) is 18.8. The molecule has 0 bridgehead atoms. The van der Waals surface area contributed by atoms with Crippen molar-refractivity contribution < 1.29 is 23.5 Å². The number of furan rings is 1. The molecule has 4 fully saturated rings. The number of likely N-dealkylation sites (N-methyl/N-ethyl adjacent to an activating group) is 1. The molecule has 0 unspecified atom stereocenters. The molecule has 11 nitrogen and oxygen atoms in total. The van der Waals surface area contributed by atoms with E-state index in [9.17, 15) is 19.6 Å². The van der Waals surface area contributed by atoms with Gasteiger partial charge in [0.05, 0.1) is 23.9 Å². The molecule has 3 amide bonds. The zero-order valence-electron chi connectivity index (χ0n) is 24.1. The molecular weight excluding hydrogens is 548 g/mol. The summed E-state index contributed by atoms with van der Waals surface area (Å²) in [4.78, 5) is 46.0. The number of rotatable bonds is 6. The van der Waals surface area contributed by atoms with Crippen LogP contribution in [0.25, 0.3) is 11.0 Å². The molecule has 0 spiro atoms. The average Bonchev–Trinajstić information content (AvgIpc) is 3.88. The van der Waals surface area contributed by atoms with Gasteiger partial charge in [0.25, 0.3) is 17.7 Å². The molecule has 3 aliphatic heterocycles. The van der Waals surface area contributed by atoms with Gasteiger partial charge in [0, 0.05) is 42.7 Å². The fourth-order valence-electron chi connectivity index (χ4n) is 7.75. The highest BCUT2D eigenvalue weighted by Crippen LogP contribution is 2.53. The molecule has 8 rings (SSSR count). The van der Waals surface area contributed by atoms with E-state index in [4.69, 9.17) is 14.3 Å². The summed E-state index contributed by atoms with van der Waals surface area (Å²) in [7, 11) is 0. The van der Waals surface area contributed by atoms with Crippen LogP contribution in [0.4, 0.5) is 5.82 Å². The van der Waals surface area contributed by atoms with Crippen molar-refractivity contribution in [1.82, 2.24) is 20.0 Å². The fraction of sp³-hybridized carbons (Fsp3) is 0.531. The van der Waals surface area contributed by atoms with Gasteiger partial charge in [0.2, 0.25) is 0 Å². The third-order valence-electron chi connectivity index (χ3n) is 10.1. The number of benzene rings is 1. The second-order valence-electron chi connectivity index (χ2n) is 12.6. The summed E-state index contributed by atoms with van der Waals surface area (Å²) in [6.45, 7) is 3.43. The molecule has 1 N–H and O–H groups in total. The maximum absolute atomic E-state index is 14.4. The number of ether oxygens (including phenoxy) is 1. The van der Waals surface area contributed by atoms with E-state index < -0.39 is 23.9 Å². The highest BCUT2D eigenvalue weighted by Gasteiger charge is 2.57. The topological polar surface area (TPSA) is 134 Å². The number of anilines is 1. The number of likely N-dealkylation sites (tertiary alicyclic amines) is 1. The minimum absolute atomic E-state index is 0.0209. The molecule has 3 aromatic rings. The number of para-hydroxylation sites is 1. The van der Waals surface area contributed by atoms with Crippen LogP contribution >= 0.6 is 0 Å². The van der Waals surface area contributed by atoms with Crippen molar-refractivity contribution in [2.75, 3.05) is 24.7 Å². The molecule has 11 heteroatoms. The van der Waals surface area contributed by atoms with Crippen LogP contribution in [0.1, 0.15) is 83.8 Å². The smallest absolute Gasteiger partial charge is 0.276 e. The number of nitrogens with zero attached hydrogens (tertiary/aromatic N) is 5. The highest BCUT2D eigenvalue weighted by atomic mass is 16.5. The maximum Gasteiger partial charge on any atom is 0.276 e. The van der Waals surface area contributed by atoms with E-state index in [1.165, 1.54) is 0 Å². The fourth-order valence-corrected chi connectivity index (χ4v) is 7.75. The number of aromatic nitrogens is 2. The quantitative estimate of drug-likeness (QED) is 0.468. The summed E-state index contributed by atoms with van der Waals surface area (Å²) in [5.74, 6) is -0.0687. The van der Waals surface area contributed by atoms with E-state index in [-0.39, 0.29) is 29.8 Å². The monoisotopic (exact) mass is 582 g/mol. The molecule has 2 saturated heterocycles. The van der Waals surface area contributed by atoms with E-state index in [0.717, 1.165) is 43.1 Å². The first-order valence-corrected chi connectivity index (χ1v) is 15.5. The SMILES string of the molecule is CCN1C(=O)[C@@H](NC(=O)c2cccc3ccoc23)[C@@H](C2CC2)c2c(C(=O)N3[C@H](C#N)C[C@H]4C[C@H]43)nn(C3CCOCC3)c21. The lowest BCUT2D eigenvalue weighted by molar-refractivity contribution is -0.121. The minimum Gasteiger partial charge on any atom is -0.464 e. The Kier molecular flexibility index (Phi) is 6.12. The first-order chi connectivity index (χ1) is 21.0. The van der Waals surface area contributed by atoms with Gasteiger partial charge in [-0.05, 0) is 69.4 Å². The molecule has 5 heterocycles. The number of hydrogen-bond donors (Lipinski definition) is 1. The number of hydrogen-bond acceptors (Lipinski definition) is 7. The molecule has 5 aliphatic rings. The number of piperidine rings is 1. The van der Waals surface area contributed by atoms with E-state index in [1.807, 2.05) is 17.7 Å². The second-order valence-corrected chi connectivity index (χ2v) is 12.6. The van der Waals surface area contributed by atoms with Gasteiger partial charge in [-0.2, -0.15) is 10.4 Å². The largest absolute Gasteiger partial charge is 0.464 e. The van der Waals surface area contributed by atoms with E-state index in [1.54, 1.807) is 34.3 Å². The number of amides is 3. The molecule has 1 aromatic carbocycles. The van der Waals surface area contributed by atoms with Crippen LogP contribution in [0.3, 0.4) is 0 Å². The number of carbonyl (C=O) groups is 3. The van der Waals surface area contributed by atoms with Crippen molar-refractivity contribution in [2.24, 2.45) is 11.8 Å². The summed E-state index contributed by atoms with van der Waals surface area (Å²) < 4.78 is 13.2. The van der Waals surface area contributed by atoms with Gasteiger partial charge < -0.3 is 19.4 Å². The molecular formula is C32H34N6O5. The Morgan fingerprint density at radius 2 is 1.93 bits per heavy atom. The molecule has 0 radical (unpaired) electrons. The zero-order chi connectivity index (χ0) is 29.4. The van der Waals surface area contributed by atoms with E-state index in [0.29, 0.717) is 54.8 Å². The number of nitrogens with one attached hydrogen (secondary N) is 1. The van der Waals surface area contributed by atoms with Crippen molar-refractivity contribution in [2.45, 2.75) is 75.5 Å². The maximum atomic E-state index is 14.4. The van der Waals surface area contributed by atoms with Crippen LogP contribution in [-0.4, -0.2) is 70.3 Å². The van der Waals surface area contributed by atoms with Gasteiger partial charge in [-0.3, -0.25) is 19.3 Å². The van der Waals surface area contributed by atoms with Crippen LogP contribution in [0.5, 0.6) is 0 Å². The summed E-state index contributed by atoms with van der Waals surface area (Å²) in [6, 6.07) is 8.21. The van der Waals surface area contributed by atoms with Crippen molar-refractivity contribution in [3.8, 4) is 6.07 Å². The third-order valence-corrected chi connectivity index (χ3v) is 10.1. The summed E-state index contributed by atoms with van der Waals surface area (Å²) in [6.07, 6.45) is 6.40. The van der Waals surface area contributed by atoms with E-state index in [2.05, 4.69) is 11.4 Å². The van der Waals surface area contributed by atoms with Crippen LogP contribution in [-0.2, 0) is 9.53 Å². The Balaban J connectivity index is 1.25. The zero-order valence-corrected chi connectivity index (χ0v) is 24.1. The molecule has 2 aliphatic carbocycles. The van der Waals surface area contributed by atoms with Crippen molar-refractivity contribution in [3.63, 3.8) is 0 Å². The lowest BCUT2D eigenvalue weighted by Crippen LogP contribution is -2.56. The number of nitriles is 1. The molecule has 222 valence electrons. The predicted molar refractivity (Wildman–Crippen MR) is 154 cm³/mol. The normalized spacial score (nSPS) is 28.5. The highest BCUT2D eigenvalue weighted by molar-refractivity contribution is 6.10.